The van der Waals surface area contributed by atoms with Crippen LogP contribution in [0.2, 0.25) is 0 Å². The van der Waals surface area contributed by atoms with E-state index in [1.807, 2.05) is 28.7 Å². The van der Waals surface area contributed by atoms with Gasteiger partial charge >= 0.3 is 0 Å². The highest BCUT2D eigenvalue weighted by atomic mass is 127. The van der Waals surface area contributed by atoms with E-state index < -0.39 is 28.1 Å². The van der Waals surface area contributed by atoms with Crippen LogP contribution >= 0.6 is 50.2 Å². The zero-order valence-corrected chi connectivity index (χ0v) is 22.9. The summed E-state index contributed by atoms with van der Waals surface area (Å²) in [4.78, 5) is 13.1. The third kappa shape index (κ3) is 5.40. The molecule has 0 fully saturated rings. The van der Waals surface area contributed by atoms with Gasteiger partial charge in [-0.2, -0.15) is 8.75 Å². The van der Waals surface area contributed by atoms with Gasteiger partial charge in [-0.25, -0.2) is 8.42 Å². The number of rotatable bonds is 7. The Bertz CT molecular complexity index is 1480. The number of amides is 1. The number of aliphatic hydroxyl groups is 1. The Morgan fingerprint density at radius 2 is 1.88 bits per heavy atom. The summed E-state index contributed by atoms with van der Waals surface area (Å²) in [6.45, 7) is 1.68. The van der Waals surface area contributed by atoms with Crippen LogP contribution in [-0.2, 0) is 10.0 Å². The highest BCUT2D eigenvalue weighted by molar-refractivity contribution is 14.1. The smallest absolute Gasteiger partial charge is 0.264 e. The summed E-state index contributed by atoms with van der Waals surface area (Å²) < 4.78 is 38.6. The molecule has 4 rings (SSSR count). The van der Waals surface area contributed by atoms with Crippen LogP contribution in [0.5, 0.6) is 0 Å². The minimum Gasteiger partial charge on any atom is -0.386 e. The van der Waals surface area contributed by atoms with Crippen LogP contribution in [0, 0.1) is 3.57 Å². The fourth-order valence-corrected chi connectivity index (χ4v) is 6.09. The van der Waals surface area contributed by atoms with E-state index in [-0.39, 0.29) is 21.7 Å². The molecule has 0 aliphatic heterocycles. The molecule has 1 amide bonds. The van der Waals surface area contributed by atoms with E-state index in [9.17, 15) is 18.3 Å². The van der Waals surface area contributed by atoms with Crippen molar-refractivity contribution in [3.05, 3.63) is 79.8 Å². The number of halogens is 2. The maximum Gasteiger partial charge on any atom is 0.264 e. The number of anilines is 1. The van der Waals surface area contributed by atoms with E-state index in [2.05, 4.69) is 34.7 Å². The molecule has 0 saturated carbocycles. The lowest BCUT2D eigenvalue weighted by molar-refractivity contribution is 0.0853. The van der Waals surface area contributed by atoms with Crippen molar-refractivity contribution in [3.8, 4) is 0 Å². The second-order valence-electron chi connectivity index (χ2n) is 7.45. The molecule has 0 aliphatic rings. The molecule has 4 aromatic rings. The molecular formula is C22H18BrIN4O4S2. The maximum absolute atomic E-state index is 13.2. The van der Waals surface area contributed by atoms with Gasteiger partial charge in [-0.05, 0) is 77.5 Å². The zero-order chi connectivity index (χ0) is 24.5. The number of aromatic nitrogens is 2. The number of fused-ring (bicyclic) bond motifs is 1. The molecule has 8 nitrogen and oxygen atoms in total. The molecule has 3 aromatic carbocycles. The third-order valence-electron chi connectivity index (χ3n) is 5.03. The Morgan fingerprint density at radius 1 is 1.12 bits per heavy atom. The van der Waals surface area contributed by atoms with E-state index in [4.69, 9.17) is 0 Å². The molecule has 0 spiro atoms. The van der Waals surface area contributed by atoms with Crippen LogP contribution in [-0.4, -0.2) is 34.2 Å². The molecular weight excluding hydrogens is 655 g/mol. The first-order chi connectivity index (χ1) is 16.2. The summed E-state index contributed by atoms with van der Waals surface area (Å²) >= 11 is 6.34. The number of benzene rings is 3. The number of hydrogen-bond acceptors (Lipinski definition) is 7. The van der Waals surface area contributed by atoms with E-state index >= 15 is 0 Å². The van der Waals surface area contributed by atoms with Gasteiger partial charge in [0, 0.05) is 8.04 Å². The van der Waals surface area contributed by atoms with Crippen molar-refractivity contribution in [1.29, 1.82) is 0 Å². The largest absolute Gasteiger partial charge is 0.386 e. The van der Waals surface area contributed by atoms with Crippen molar-refractivity contribution in [1.82, 2.24) is 14.1 Å². The van der Waals surface area contributed by atoms with Gasteiger partial charge in [0.05, 0.1) is 35.1 Å². The molecule has 2 unspecified atom stereocenters. The van der Waals surface area contributed by atoms with Crippen LogP contribution in [0.1, 0.15) is 28.9 Å². The first-order valence-corrected chi connectivity index (χ1v) is 14.0. The maximum atomic E-state index is 13.2. The zero-order valence-electron chi connectivity index (χ0n) is 17.6. The molecule has 1 heterocycles. The Balaban J connectivity index is 1.60. The topological polar surface area (TPSA) is 121 Å². The van der Waals surface area contributed by atoms with Crippen LogP contribution in [0.3, 0.4) is 0 Å². The molecule has 12 heteroatoms. The Hall–Kier alpha value is -2.13. The summed E-state index contributed by atoms with van der Waals surface area (Å²) in [5.41, 5.74) is 1.62. The fraction of sp³-hybridized carbons (Fsp3) is 0.136. The SMILES string of the molecule is CC(NC(=O)c1ccc(I)cc1NS(=O)(=O)c1cccc2nsnc12)C(O)c1cccc(Br)c1. The number of sulfonamides is 1. The van der Waals surface area contributed by atoms with Gasteiger partial charge in [0.1, 0.15) is 15.9 Å². The summed E-state index contributed by atoms with van der Waals surface area (Å²) in [5, 5.41) is 13.4. The number of hydrogen-bond donors (Lipinski definition) is 3. The minimum absolute atomic E-state index is 0.0255. The van der Waals surface area contributed by atoms with Gasteiger partial charge in [0.2, 0.25) is 0 Å². The monoisotopic (exact) mass is 672 g/mol. The van der Waals surface area contributed by atoms with Crippen LogP contribution < -0.4 is 10.0 Å². The minimum atomic E-state index is -4.06. The summed E-state index contributed by atoms with van der Waals surface area (Å²) in [5.74, 6) is -0.524. The van der Waals surface area contributed by atoms with Crippen LogP contribution in [0.25, 0.3) is 11.0 Å². The number of nitrogens with one attached hydrogen (secondary N) is 2. The Morgan fingerprint density at radius 3 is 2.65 bits per heavy atom. The number of carbonyl (C=O) groups excluding carboxylic acids is 1. The van der Waals surface area contributed by atoms with Crippen molar-refractivity contribution in [2.75, 3.05) is 4.72 Å². The third-order valence-corrected chi connectivity index (χ3v) is 8.14. The van der Waals surface area contributed by atoms with E-state index in [1.54, 1.807) is 49.4 Å². The van der Waals surface area contributed by atoms with Gasteiger partial charge in [-0.1, -0.05) is 34.1 Å². The molecule has 0 radical (unpaired) electrons. The lowest BCUT2D eigenvalue weighted by Crippen LogP contribution is -2.37. The molecule has 34 heavy (non-hydrogen) atoms. The molecule has 0 aliphatic carbocycles. The van der Waals surface area contributed by atoms with Gasteiger partial charge < -0.3 is 10.4 Å². The summed E-state index contributed by atoms with van der Waals surface area (Å²) in [7, 11) is -4.06. The molecule has 0 bridgehead atoms. The van der Waals surface area contributed by atoms with Crippen molar-refractivity contribution in [2.24, 2.45) is 0 Å². The van der Waals surface area contributed by atoms with Gasteiger partial charge in [-0.3, -0.25) is 9.52 Å². The first-order valence-electron chi connectivity index (χ1n) is 9.94. The van der Waals surface area contributed by atoms with Crippen molar-refractivity contribution in [2.45, 2.75) is 24.0 Å². The number of nitrogens with zero attached hydrogens (tertiary/aromatic N) is 2. The molecule has 0 saturated heterocycles. The first kappa shape index (κ1) is 25.0. The predicted molar refractivity (Wildman–Crippen MR) is 143 cm³/mol. The summed E-state index contributed by atoms with van der Waals surface area (Å²) in [6, 6.07) is 16.0. The standard InChI is InChI=1S/C22H18BrIN4O4S2/c1-12(21(29)13-4-2-5-14(23)10-13)25-22(30)16-9-8-15(24)11-18(16)28-34(31,32)19-7-3-6-17-20(19)27-33-26-17/h2-12,21,28-29H,1H3,(H,25,30). The molecule has 3 N–H and O–H groups in total. The highest BCUT2D eigenvalue weighted by Crippen LogP contribution is 2.27. The molecule has 1 aromatic heterocycles. The van der Waals surface area contributed by atoms with Gasteiger partial charge in [-0.15, -0.1) is 0 Å². The summed E-state index contributed by atoms with van der Waals surface area (Å²) in [6.07, 6.45) is -0.958. The van der Waals surface area contributed by atoms with Gasteiger partial charge in [0.25, 0.3) is 15.9 Å². The molecule has 2 atom stereocenters. The van der Waals surface area contributed by atoms with E-state index in [0.29, 0.717) is 11.1 Å². The van der Waals surface area contributed by atoms with Crippen molar-refractivity contribution < 1.29 is 18.3 Å². The Labute approximate surface area is 222 Å². The number of aliphatic hydroxyl groups excluding tert-OH is 1. The second-order valence-corrected chi connectivity index (χ2v) is 11.8. The lowest BCUT2D eigenvalue weighted by atomic mass is 10.0. The predicted octanol–water partition coefficient (Wildman–Crippen LogP) is 4.71. The average molecular weight is 673 g/mol. The van der Waals surface area contributed by atoms with E-state index in [0.717, 1.165) is 19.8 Å². The number of carbonyl (C=O) groups is 1. The molecule has 176 valence electrons. The quantitative estimate of drug-likeness (QED) is 0.245. The van der Waals surface area contributed by atoms with Crippen LogP contribution in [0.4, 0.5) is 5.69 Å². The second kappa shape index (κ2) is 10.2. The lowest BCUT2D eigenvalue weighted by Gasteiger charge is -2.22. The normalized spacial score (nSPS) is 13.4. The average Bonchev–Trinajstić information content (AvgIpc) is 3.27. The van der Waals surface area contributed by atoms with Crippen molar-refractivity contribution >= 4 is 82.9 Å². The van der Waals surface area contributed by atoms with Crippen molar-refractivity contribution in [3.63, 3.8) is 0 Å². The highest BCUT2D eigenvalue weighted by Gasteiger charge is 2.25. The van der Waals surface area contributed by atoms with Gasteiger partial charge in [0.15, 0.2) is 0 Å². The fourth-order valence-electron chi connectivity index (χ4n) is 3.34. The van der Waals surface area contributed by atoms with Crippen LogP contribution in [0.15, 0.2) is 70.0 Å². The Kier molecular flexibility index (Phi) is 7.52. The van der Waals surface area contributed by atoms with E-state index in [1.165, 1.54) is 12.1 Å².